The van der Waals surface area contributed by atoms with Crippen molar-refractivity contribution in [1.82, 2.24) is 0 Å². The summed E-state index contributed by atoms with van der Waals surface area (Å²) in [7, 11) is 0. The number of aliphatic hydroxyl groups is 1. The number of carboxylic acid groups (broad SMARTS) is 3. The maximum absolute atomic E-state index is 9.88. The van der Waals surface area contributed by atoms with Crippen LogP contribution in [0.15, 0.2) is 12.2 Å². The lowest BCUT2D eigenvalue weighted by atomic mass is 10.2. The molecular weight excluding hydrogens is 220 g/mol. The van der Waals surface area contributed by atoms with Gasteiger partial charge in [-0.15, -0.1) is 0 Å². The highest BCUT2D eigenvalue weighted by atomic mass is 16.4. The van der Waals surface area contributed by atoms with Gasteiger partial charge in [0.1, 0.15) is 0 Å². The van der Waals surface area contributed by atoms with E-state index in [2.05, 4.69) is 6.58 Å². The van der Waals surface area contributed by atoms with E-state index in [-0.39, 0.29) is 31.4 Å². The molecule has 0 spiro atoms. The van der Waals surface area contributed by atoms with Gasteiger partial charge in [0.2, 0.25) is 0 Å². The van der Waals surface area contributed by atoms with Crippen LogP contribution in [0.25, 0.3) is 0 Å². The standard InChI is InChI=1S/C5H8O3.C4H6O4/c1-4(2-3-6)5(7)8;5-3(6)1-2-4(7)8/h6H,1-3H2,(H,7,8);1-2H2,(H,5,6)(H,7,8). The second-order valence-electron chi connectivity index (χ2n) is 2.67. The molecule has 0 atom stereocenters. The molecule has 0 aromatic rings. The Morgan fingerprint density at radius 2 is 1.25 bits per heavy atom. The molecule has 0 radical (unpaired) electrons. The lowest BCUT2D eigenvalue weighted by Gasteiger charge is -1.91. The van der Waals surface area contributed by atoms with Gasteiger partial charge in [-0.2, -0.15) is 0 Å². The number of rotatable bonds is 6. The monoisotopic (exact) mass is 234 g/mol. The van der Waals surface area contributed by atoms with Gasteiger partial charge in [0, 0.05) is 18.6 Å². The predicted octanol–water partition coefficient (Wildman–Crippen LogP) is -0.0546. The zero-order chi connectivity index (χ0) is 13.1. The molecule has 16 heavy (non-hydrogen) atoms. The average Bonchev–Trinajstić information content (AvgIpc) is 2.16. The highest BCUT2D eigenvalue weighted by Gasteiger charge is 2.00. The summed E-state index contributed by atoms with van der Waals surface area (Å²) < 4.78 is 0. The first-order valence-corrected chi connectivity index (χ1v) is 4.26. The molecule has 0 saturated carbocycles. The molecule has 7 heteroatoms. The minimum Gasteiger partial charge on any atom is -0.481 e. The van der Waals surface area contributed by atoms with Crippen molar-refractivity contribution in [1.29, 1.82) is 0 Å². The van der Waals surface area contributed by atoms with Crippen LogP contribution in [-0.4, -0.2) is 44.9 Å². The van der Waals surface area contributed by atoms with Crippen molar-refractivity contribution in [2.75, 3.05) is 6.61 Å². The number of aliphatic carboxylic acids is 3. The van der Waals surface area contributed by atoms with E-state index in [1.807, 2.05) is 0 Å². The molecular formula is C9H14O7. The van der Waals surface area contributed by atoms with Crippen molar-refractivity contribution in [3.63, 3.8) is 0 Å². The van der Waals surface area contributed by atoms with Gasteiger partial charge in [0.05, 0.1) is 12.8 Å². The number of hydrogen-bond acceptors (Lipinski definition) is 4. The largest absolute Gasteiger partial charge is 0.481 e. The normalized spacial score (nSPS) is 8.56. The van der Waals surface area contributed by atoms with E-state index in [0.29, 0.717) is 0 Å². The second-order valence-corrected chi connectivity index (χ2v) is 2.67. The van der Waals surface area contributed by atoms with E-state index in [1.165, 1.54) is 0 Å². The number of hydrogen-bond donors (Lipinski definition) is 4. The summed E-state index contributed by atoms with van der Waals surface area (Å²) >= 11 is 0. The molecule has 0 aliphatic rings. The van der Waals surface area contributed by atoms with Gasteiger partial charge in [0.15, 0.2) is 0 Å². The third-order valence-electron chi connectivity index (χ3n) is 1.27. The van der Waals surface area contributed by atoms with Gasteiger partial charge >= 0.3 is 17.9 Å². The van der Waals surface area contributed by atoms with Crippen molar-refractivity contribution < 1.29 is 34.8 Å². The van der Waals surface area contributed by atoms with Crippen LogP contribution in [-0.2, 0) is 14.4 Å². The first-order valence-electron chi connectivity index (χ1n) is 4.26. The summed E-state index contributed by atoms with van der Waals surface area (Å²) in [5, 5.41) is 32.1. The zero-order valence-corrected chi connectivity index (χ0v) is 8.55. The van der Waals surface area contributed by atoms with Crippen LogP contribution in [0, 0.1) is 0 Å². The van der Waals surface area contributed by atoms with E-state index in [0.717, 1.165) is 0 Å². The SMILES string of the molecule is C=C(CCO)C(=O)O.O=C(O)CCC(=O)O. The lowest BCUT2D eigenvalue weighted by molar-refractivity contribution is -0.143. The predicted molar refractivity (Wildman–Crippen MR) is 53.0 cm³/mol. The van der Waals surface area contributed by atoms with Crippen LogP contribution >= 0.6 is 0 Å². The molecule has 0 heterocycles. The molecule has 0 unspecified atom stereocenters. The summed E-state index contributed by atoms with van der Waals surface area (Å²) in [6, 6.07) is 0. The molecule has 0 rings (SSSR count). The molecule has 4 N–H and O–H groups in total. The quantitative estimate of drug-likeness (QED) is 0.473. The maximum atomic E-state index is 9.88. The molecule has 0 saturated heterocycles. The molecule has 92 valence electrons. The smallest absolute Gasteiger partial charge is 0.331 e. The Bertz CT molecular complexity index is 255. The molecule has 0 amide bonds. The highest BCUT2D eigenvalue weighted by molar-refractivity contribution is 5.85. The fourth-order valence-corrected chi connectivity index (χ4v) is 0.456. The number of aliphatic hydroxyl groups excluding tert-OH is 1. The van der Waals surface area contributed by atoms with Gasteiger partial charge in [-0.1, -0.05) is 6.58 Å². The van der Waals surface area contributed by atoms with E-state index in [9.17, 15) is 14.4 Å². The first kappa shape index (κ1) is 16.5. The van der Waals surface area contributed by atoms with E-state index in [4.69, 9.17) is 20.4 Å². The summed E-state index contributed by atoms with van der Waals surface area (Å²) in [6.07, 6.45) is -0.444. The maximum Gasteiger partial charge on any atom is 0.331 e. The molecule has 0 aromatic carbocycles. The Balaban J connectivity index is 0. The molecule has 0 aliphatic heterocycles. The fraction of sp³-hybridized carbons (Fsp3) is 0.444. The first-order chi connectivity index (χ1) is 7.31. The Kier molecular flexibility index (Phi) is 9.98. The van der Waals surface area contributed by atoms with Gasteiger partial charge in [-0.05, 0) is 0 Å². The third kappa shape index (κ3) is 14.6. The highest BCUT2D eigenvalue weighted by Crippen LogP contribution is 1.94. The Labute approximate surface area is 91.6 Å². The fourth-order valence-electron chi connectivity index (χ4n) is 0.456. The second kappa shape index (κ2) is 9.66. The van der Waals surface area contributed by atoms with Crippen LogP contribution in [0.2, 0.25) is 0 Å². The van der Waals surface area contributed by atoms with Crippen molar-refractivity contribution in [2.24, 2.45) is 0 Å². The molecule has 0 fully saturated rings. The zero-order valence-electron chi connectivity index (χ0n) is 8.55. The van der Waals surface area contributed by atoms with Crippen molar-refractivity contribution >= 4 is 17.9 Å². The van der Waals surface area contributed by atoms with Gasteiger partial charge in [-0.3, -0.25) is 9.59 Å². The van der Waals surface area contributed by atoms with E-state index < -0.39 is 17.9 Å². The van der Waals surface area contributed by atoms with Crippen molar-refractivity contribution in [2.45, 2.75) is 19.3 Å². The Morgan fingerprint density at radius 1 is 0.875 bits per heavy atom. The average molecular weight is 234 g/mol. The summed E-state index contributed by atoms with van der Waals surface area (Å²) in [6.45, 7) is 3.04. The molecule has 0 aromatic heterocycles. The van der Waals surface area contributed by atoms with E-state index >= 15 is 0 Å². The topological polar surface area (TPSA) is 132 Å². The van der Waals surface area contributed by atoms with E-state index in [1.54, 1.807) is 0 Å². The molecule has 0 bridgehead atoms. The Hall–Kier alpha value is -1.89. The minimum atomic E-state index is -1.08. The van der Waals surface area contributed by atoms with Crippen LogP contribution in [0.5, 0.6) is 0 Å². The van der Waals surface area contributed by atoms with Crippen molar-refractivity contribution in [3.05, 3.63) is 12.2 Å². The number of carboxylic acids is 3. The molecule has 0 aliphatic carbocycles. The van der Waals surface area contributed by atoms with Crippen LogP contribution in [0.1, 0.15) is 19.3 Å². The summed E-state index contributed by atoms with van der Waals surface area (Å²) in [5.74, 6) is -3.20. The van der Waals surface area contributed by atoms with Crippen molar-refractivity contribution in [3.8, 4) is 0 Å². The molecule has 7 nitrogen and oxygen atoms in total. The summed E-state index contributed by atoms with van der Waals surface area (Å²) in [4.78, 5) is 29.2. The van der Waals surface area contributed by atoms with Crippen LogP contribution in [0.3, 0.4) is 0 Å². The minimum absolute atomic E-state index is 0.0486. The number of carbonyl (C=O) groups is 3. The third-order valence-corrected chi connectivity index (χ3v) is 1.27. The van der Waals surface area contributed by atoms with Crippen LogP contribution in [0.4, 0.5) is 0 Å². The Morgan fingerprint density at radius 3 is 1.38 bits per heavy atom. The summed E-state index contributed by atoms with van der Waals surface area (Å²) in [5.41, 5.74) is 0.0486. The van der Waals surface area contributed by atoms with Gasteiger partial charge in [0.25, 0.3) is 0 Å². The lowest BCUT2D eigenvalue weighted by Crippen LogP contribution is -2.00. The van der Waals surface area contributed by atoms with Crippen LogP contribution < -0.4 is 0 Å². The van der Waals surface area contributed by atoms with Gasteiger partial charge in [-0.25, -0.2) is 4.79 Å². The van der Waals surface area contributed by atoms with Gasteiger partial charge < -0.3 is 20.4 Å².